The van der Waals surface area contributed by atoms with Crippen molar-refractivity contribution in [3.05, 3.63) is 76.9 Å². The van der Waals surface area contributed by atoms with E-state index < -0.39 is 0 Å². The maximum absolute atomic E-state index is 12.5. The van der Waals surface area contributed by atoms with E-state index in [4.69, 9.17) is 4.42 Å². The summed E-state index contributed by atoms with van der Waals surface area (Å²) in [5, 5.41) is 3.87. The number of hydrogen-bond donors (Lipinski definition) is 1. The van der Waals surface area contributed by atoms with Gasteiger partial charge in [-0.3, -0.25) is 14.2 Å². The molecular weight excluding hydrogens is 330 g/mol. The first-order chi connectivity index (χ1) is 12.6. The SMILES string of the molecule is C[C@@H](NC(=O)Cn1c(=O)cnc2ccccc21)c1cc2ccccc2o1. The van der Waals surface area contributed by atoms with Crippen molar-refractivity contribution in [2.75, 3.05) is 0 Å². The molecule has 0 bridgehead atoms. The number of amides is 1. The maximum Gasteiger partial charge on any atom is 0.269 e. The number of carbonyl (C=O) groups is 1. The van der Waals surface area contributed by atoms with E-state index in [0.717, 1.165) is 11.0 Å². The van der Waals surface area contributed by atoms with Crippen LogP contribution < -0.4 is 10.9 Å². The predicted octanol–water partition coefficient (Wildman–Crippen LogP) is 3.02. The van der Waals surface area contributed by atoms with Gasteiger partial charge in [-0.25, -0.2) is 4.98 Å². The Morgan fingerprint density at radius 3 is 2.81 bits per heavy atom. The minimum Gasteiger partial charge on any atom is -0.459 e. The van der Waals surface area contributed by atoms with Gasteiger partial charge in [0.25, 0.3) is 5.56 Å². The van der Waals surface area contributed by atoms with Gasteiger partial charge in [0.05, 0.1) is 23.3 Å². The molecule has 0 aliphatic carbocycles. The van der Waals surface area contributed by atoms with E-state index >= 15 is 0 Å². The Kier molecular flexibility index (Phi) is 4.01. The molecule has 1 N–H and O–H groups in total. The second-order valence-corrected chi connectivity index (χ2v) is 6.15. The van der Waals surface area contributed by atoms with Crippen LogP contribution in [0.2, 0.25) is 0 Å². The third kappa shape index (κ3) is 2.97. The molecule has 6 nitrogen and oxygen atoms in total. The number of rotatable bonds is 4. The van der Waals surface area contributed by atoms with E-state index in [-0.39, 0.29) is 24.1 Å². The molecule has 2 aromatic carbocycles. The van der Waals surface area contributed by atoms with Gasteiger partial charge < -0.3 is 9.73 Å². The third-order valence-corrected chi connectivity index (χ3v) is 4.30. The van der Waals surface area contributed by atoms with Crippen LogP contribution in [-0.2, 0) is 11.3 Å². The lowest BCUT2D eigenvalue weighted by atomic mass is 10.2. The molecule has 1 amide bonds. The first-order valence-corrected chi connectivity index (χ1v) is 8.34. The van der Waals surface area contributed by atoms with Crippen molar-refractivity contribution >= 4 is 27.9 Å². The summed E-state index contributed by atoms with van der Waals surface area (Å²) in [5.74, 6) is 0.405. The van der Waals surface area contributed by atoms with E-state index in [9.17, 15) is 9.59 Å². The Bertz CT molecular complexity index is 1130. The van der Waals surface area contributed by atoms with Crippen LogP contribution in [0, 0.1) is 0 Å². The van der Waals surface area contributed by atoms with E-state index in [1.165, 1.54) is 10.8 Å². The molecular formula is C20H17N3O3. The van der Waals surface area contributed by atoms with E-state index in [0.29, 0.717) is 16.8 Å². The largest absolute Gasteiger partial charge is 0.459 e. The van der Waals surface area contributed by atoms with Crippen LogP contribution in [-0.4, -0.2) is 15.5 Å². The van der Waals surface area contributed by atoms with Gasteiger partial charge in [-0.15, -0.1) is 0 Å². The summed E-state index contributed by atoms with van der Waals surface area (Å²) >= 11 is 0. The molecule has 0 unspecified atom stereocenters. The number of fused-ring (bicyclic) bond motifs is 2. The molecule has 0 saturated heterocycles. The molecule has 26 heavy (non-hydrogen) atoms. The zero-order valence-corrected chi connectivity index (χ0v) is 14.2. The second-order valence-electron chi connectivity index (χ2n) is 6.15. The van der Waals surface area contributed by atoms with E-state index in [2.05, 4.69) is 10.3 Å². The van der Waals surface area contributed by atoms with Gasteiger partial charge in [-0.05, 0) is 31.2 Å². The molecule has 1 atom stereocenters. The minimum atomic E-state index is -0.310. The van der Waals surface area contributed by atoms with Crippen LogP contribution in [0.5, 0.6) is 0 Å². The zero-order valence-electron chi connectivity index (χ0n) is 14.2. The van der Waals surface area contributed by atoms with Crippen molar-refractivity contribution in [1.29, 1.82) is 0 Å². The van der Waals surface area contributed by atoms with Crippen molar-refractivity contribution in [1.82, 2.24) is 14.9 Å². The molecule has 0 saturated carbocycles. The lowest BCUT2D eigenvalue weighted by Gasteiger charge is -2.13. The van der Waals surface area contributed by atoms with Crippen molar-refractivity contribution in [2.24, 2.45) is 0 Å². The molecule has 0 radical (unpaired) electrons. The van der Waals surface area contributed by atoms with E-state index in [1.54, 1.807) is 12.1 Å². The van der Waals surface area contributed by atoms with Gasteiger partial charge in [0.2, 0.25) is 5.91 Å². The summed E-state index contributed by atoms with van der Waals surface area (Å²) < 4.78 is 7.20. The zero-order chi connectivity index (χ0) is 18.1. The highest BCUT2D eigenvalue weighted by Crippen LogP contribution is 2.23. The molecule has 4 aromatic rings. The quantitative estimate of drug-likeness (QED) is 0.616. The minimum absolute atomic E-state index is 0.0769. The molecule has 0 fully saturated rings. The summed E-state index contributed by atoms with van der Waals surface area (Å²) in [5.41, 5.74) is 1.77. The topological polar surface area (TPSA) is 77.1 Å². The van der Waals surface area contributed by atoms with Crippen molar-refractivity contribution in [3.8, 4) is 0 Å². The fourth-order valence-electron chi connectivity index (χ4n) is 3.00. The first kappa shape index (κ1) is 16.1. The second kappa shape index (κ2) is 6.48. The van der Waals surface area contributed by atoms with Crippen LogP contribution in [0.15, 0.2) is 70.0 Å². The highest BCUT2D eigenvalue weighted by molar-refractivity contribution is 5.81. The molecule has 130 valence electrons. The highest BCUT2D eigenvalue weighted by atomic mass is 16.3. The van der Waals surface area contributed by atoms with Crippen molar-refractivity contribution in [3.63, 3.8) is 0 Å². The van der Waals surface area contributed by atoms with Gasteiger partial charge in [-0.2, -0.15) is 0 Å². The Balaban J connectivity index is 1.55. The van der Waals surface area contributed by atoms with Gasteiger partial charge in [0, 0.05) is 5.39 Å². The summed E-state index contributed by atoms with van der Waals surface area (Å²) in [4.78, 5) is 28.7. The number of furan rings is 1. The summed E-state index contributed by atoms with van der Waals surface area (Å²) in [6.45, 7) is 1.77. The predicted molar refractivity (Wildman–Crippen MR) is 98.8 cm³/mol. The van der Waals surface area contributed by atoms with Gasteiger partial charge >= 0.3 is 0 Å². The average Bonchev–Trinajstić information content (AvgIpc) is 3.08. The number of hydrogen-bond acceptors (Lipinski definition) is 4. The monoisotopic (exact) mass is 347 g/mol. The van der Waals surface area contributed by atoms with Gasteiger partial charge in [0.1, 0.15) is 17.9 Å². The fourth-order valence-corrected chi connectivity index (χ4v) is 3.00. The maximum atomic E-state index is 12.5. The molecule has 0 spiro atoms. The lowest BCUT2D eigenvalue weighted by Crippen LogP contribution is -2.33. The van der Waals surface area contributed by atoms with Gasteiger partial charge in [0.15, 0.2) is 0 Å². The number of benzene rings is 2. The molecule has 6 heteroatoms. The summed E-state index contributed by atoms with van der Waals surface area (Å²) in [7, 11) is 0. The van der Waals surface area contributed by atoms with Crippen molar-refractivity contribution in [2.45, 2.75) is 19.5 Å². The Morgan fingerprint density at radius 1 is 1.19 bits per heavy atom. The molecule has 0 aliphatic rings. The van der Waals surface area contributed by atoms with Crippen LogP contribution in [0.1, 0.15) is 18.7 Å². The number of nitrogens with one attached hydrogen (secondary N) is 1. The Labute approximate surface area is 149 Å². The van der Waals surface area contributed by atoms with Crippen LogP contribution >= 0.6 is 0 Å². The number of para-hydroxylation sites is 3. The fraction of sp³-hybridized carbons (Fsp3) is 0.150. The molecule has 2 heterocycles. The van der Waals surface area contributed by atoms with Crippen LogP contribution in [0.3, 0.4) is 0 Å². The smallest absolute Gasteiger partial charge is 0.269 e. The normalized spacial score (nSPS) is 12.3. The standard InChI is InChI=1S/C20H17N3O3/c1-13(18-10-14-6-2-5-9-17(14)26-18)22-19(24)12-23-16-8-4-3-7-15(16)21-11-20(23)25/h2-11,13H,12H2,1H3,(H,22,24)/t13-/m1/s1. The third-order valence-electron chi connectivity index (χ3n) is 4.30. The number of nitrogens with zero attached hydrogens (tertiary/aromatic N) is 2. The van der Waals surface area contributed by atoms with Crippen LogP contribution in [0.25, 0.3) is 22.0 Å². The summed E-state index contributed by atoms with van der Waals surface area (Å²) in [6, 6.07) is 16.5. The number of aromatic nitrogens is 2. The first-order valence-electron chi connectivity index (χ1n) is 8.34. The van der Waals surface area contributed by atoms with E-state index in [1.807, 2.05) is 49.4 Å². The Morgan fingerprint density at radius 2 is 1.96 bits per heavy atom. The van der Waals surface area contributed by atoms with Crippen molar-refractivity contribution < 1.29 is 9.21 Å². The van der Waals surface area contributed by atoms with Gasteiger partial charge in [-0.1, -0.05) is 30.3 Å². The molecule has 2 aromatic heterocycles. The average molecular weight is 347 g/mol. The highest BCUT2D eigenvalue weighted by Gasteiger charge is 2.15. The number of carbonyl (C=O) groups excluding carboxylic acids is 1. The molecule has 4 rings (SSSR count). The molecule has 0 aliphatic heterocycles. The Hall–Kier alpha value is -3.41. The van der Waals surface area contributed by atoms with Crippen LogP contribution in [0.4, 0.5) is 0 Å². The summed E-state index contributed by atoms with van der Waals surface area (Å²) in [6.07, 6.45) is 1.23. The lowest BCUT2D eigenvalue weighted by molar-refractivity contribution is -0.122.